The Morgan fingerprint density at radius 2 is 1.91 bits per heavy atom. The average molecular weight is 300 g/mol. The molecule has 22 heavy (non-hydrogen) atoms. The summed E-state index contributed by atoms with van der Waals surface area (Å²) in [5.41, 5.74) is 3.16. The van der Waals surface area contributed by atoms with Gasteiger partial charge in [-0.3, -0.25) is 4.79 Å². The first-order valence-corrected chi connectivity index (χ1v) is 8.53. The van der Waals surface area contributed by atoms with Gasteiger partial charge in [0, 0.05) is 12.0 Å². The van der Waals surface area contributed by atoms with E-state index in [1.807, 2.05) is 0 Å². The van der Waals surface area contributed by atoms with E-state index in [4.69, 9.17) is 0 Å². The molecule has 3 unspecified atom stereocenters. The Kier molecular flexibility index (Phi) is 3.52. The van der Waals surface area contributed by atoms with E-state index in [9.17, 15) is 9.90 Å². The Hall–Kier alpha value is -1.15. The summed E-state index contributed by atoms with van der Waals surface area (Å²) in [5, 5.41) is 10.4. The fourth-order valence-electron chi connectivity index (χ4n) is 4.79. The van der Waals surface area contributed by atoms with Crippen molar-refractivity contribution in [2.45, 2.75) is 71.3 Å². The predicted octanol–water partition coefficient (Wildman–Crippen LogP) is 4.45. The third-order valence-electron chi connectivity index (χ3n) is 6.48. The lowest BCUT2D eigenvalue weighted by molar-refractivity contribution is -0.0687. The Balaban J connectivity index is 2.14. The summed E-state index contributed by atoms with van der Waals surface area (Å²) < 4.78 is 0. The standard InChI is InChI=1S/C20H28O2/c1-12(2)13-6-7-15-14(10-13)16(21)11-17-19(3,4)18(22)8-9-20(15,17)5/h6-7,10,12,17-18,22H,8-9,11H2,1-5H3. The van der Waals surface area contributed by atoms with Crippen LogP contribution in [0, 0.1) is 11.3 Å². The highest BCUT2D eigenvalue weighted by molar-refractivity contribution is 5.99. The Labute approximate surface area is 133 Å². The number of aliphatic hydroxyl groups excluding tert-OH is 1. The van der Waals surface area contributed by atoms with Gasteiger partial charge in [0.2, 0.25) is 0 Å². The molecule has 0 aromatic heterocycles. The molecule has 0 heterocycles. The van der Waals surface area contributed by atoms with E-state index in [1.165, 1.54) is 11.1 Å². The molecule has 0 radical (unpaired) electrons. The van der Waals surface area contributed by atoms with Gasteiger partial charge in [0.1, 0.15) is 0 Å². The number of benzene rings is 1. The summed E-state index contributed by atoms with van der Waals surface area (Å²) in [6.45, 7) is 10.9. The van der Waals surface area contributed by atoms with Crippen LogP contribution in [0.1, 0.15) is 81.3 Å². The average Bonchev–Trinajstić information content (AvgIpc) is 2.46. The molecule has 0 spiro atoms. The van der Waals surface area contributed by atoms with Crippen molar-refractivity contribution in [3.63, 3.8) is 0 Å². The number of carbonyl (C=O) groups is 1. The first-order valence-electron chi connectivity index (χ1n) is 8.53. The van der Waals surface area contributed by atoms with Gasteiger partial charge in [0.25, 0.3) is 0 Å². The van der Waals surface area contributed by atoms with Gasteiger partial charge in [0.15, 0.2) is 5.78 Å². The lowest BCUT2D eigenvalue weighted by atomic mass is 9.49. The molecule has 0 amide bonds. The van der Waals surface area contributed by atoms with E-state index in [1.54, 1.807) is 0 Å². The summed E-state index contributed by atoms with van der Waals surface area (Å²) in [5.74, 6) is 0.907. The molecule has 0 saturated heterocycles. The van der Waals surface area contributed by atoms with Crippen LogP contribution in [0.5, 0.6) is 0 Å². The first kappa shape index (κ1) is 15.7. The van der Waals surface area contributed by atoms with Gasteiger partial charge in [-0.1, -0.05) is 46.8 Å². The third-order valence-corrected chi connectivity index (χ3v) is 6.48. The number of aliphatic hydroxyl groups is 1. The maximum Gasteiger partial charge on any atom is 0.163 e. The fourth-order valence-corrected chi connectivity index (χ4v) is 4.79. The number of carbonyl (C=O) groups excluding carboxylic acids is 1. The molecular weight excluding hydrogens is 272 g/mol. The molecule has 2 aliphatic rings. The van der Waals surface area contributed by atoms with Crippen LogP contribution in [-0.2, 0) is 5.41 Å². The number of hydrogen-bond acceptors (Lipinski definition) is 2. The molecule has 1 N–H and O–H groups in total. The monoisotopic (exact) mass is 300 g/mol. The molecule has 1 aromatic carbocycles. The summed E-state index contributed by atoms with van der Waals surface area (Å²) in [6.07, 6.45) is 2.04. The van der Waals surface area contributed by atoms with Crippen molar-refractivity contribution < 1.29 is 9.90 Å². The summed E-state index contributed by atoms with van der Waals surface area (Å²) in [7, 11) is 0. The number of Topliss-reactive ketones (excluding diaryl/α,β-unsaturated/α-hetero) is 1. The highest BCUT2D eigenvalue weighted by Crippen LogP contribution is 2.57. The predicted molar refractivity (Wildman–Crippen MR) is 89.3 cm³/mol. The van der Waals surface area contributed by atoms with Crippen molar-refractivity contribution in [3.05, 3.63) is 34.9 Å². The van der Waals surface area contributed by atoms with Crippen LogP contribution >= 0.6 is 0 Å². The second-order valence-electron chi connectivity index (χ2n) is 8.43. The molecule has 2 nitrogen and oxygen atoms in total. The molecule has 0 aliphatic heterocycles. The van der Waals surface area contributed by atoms with E-state index in [-0.39, 0.29) is 28.6 Å². The van der Waals surface area contributed by atoms with Gasteiger partial charge in [-0.15, -0.1) is 0 Å². The normalized spacial score (nSPS) is 33.5. The SMILES string of the molecule is CC(C)c1ccc2c(c1)C(=O)CC1C2(C)CCC(O)C1(C)C. The van der Waals surface area contributed by atoms with Gasteiger partial charge < -0.3 is 5.11 Å². The number of ketones is 1. The molecule has 0 bridgehead atoms. The summed E-state index contributed by atoms with van der Waals surface area (Å²) in [6, 6.07) is 6.48. The zero-order chi connectivity index (χ0) is 16.3. The minimum Gasteiger partial charge on any atom is -0.393 e. The van der Waals surface area contributed by atoms with Crippen molar-refractivity contribution in [1.82, 2.24) is 0 Å². The maximum absolute atomic E-state index is 12.8. The fraction of sp³-hybridized carbons (Fsp3) is 0.650. The van der Waals surface area contributed by atoms with Crippen molar-refractivity contribution in [2.75, 3.05) is 0 Å². The molecule has 120 valence electrons. The minimum atomic E-state index is -0.310. The van der Waals surface area contributed by atoms with Crippen LogP contribution < -0.4 is 0 Å². The quantitative estimate of drug-likeness (QED) is 0.832. The second-order valence-corrected chi connectivity index (χ2v) is 8.43. The molecule has 1 saturated carbocycles. The lowest BCUT2D eigenvalue weighted by Crippen LogP contribution is -2.54. The Morgan fingerprint density at radius 1 is 1.23 bits per heavy atom. The first-order chi connectivity index (χ1) is 10.2. The smallest absolute Gasteiger partial charge is 0.163 e. The van der Waals surface area contributed by atoms with E-state index >= 15 is 0 Å². The number of fused-ring (bicyclic) bond motifs is 3. The van der Waals surface area contributed by atoms with Crippen LogP contribution in [0.4, 0.5) is 0 Å². The van der Waals surface area contributed by atoms with Gasteiger partial charge in [-0.2, -0.15) is 0 Å². The minimum absolute atomic E-state index is 0.00147. The van der Waals surface area contributed by atoms with E-state index in [0.717, 1.165) is 18.4 Å². The highest BCUT2D eigenvalue weighted by Gasteiger charge is 2.55. The molecular formula is C20H28O2. The largest absolute Gasteiger partial charge is 0.393 e. The number of hydrogen-bond donors (Lipinski definition) is 1. The molecule has 1 fully saturated rings. The Morgan fingerprint density at radius 3 is 2.55 bits per heavy atom. The molecule has 3 rings (SSSR count). The van der Waals surface area contributed by atoms with Crippen LogP contribution in [0.3, 0.4) is 0 Å². The van der Waals surface area contributed by atoms with Gasteiger partial charge in [-0.05, 0) is 52.7 Å². The summed E-state index contributed by atoms with van der Waals surface area (Å²) in [4.78, 5) is 12.8. The highest BCUT2D eigenvalue weighted by atomic mass is 16.3. The van der Waals surface area contributed by atoms with Gasteiger partial charge in [-0.25, -0.2) is 0 Å². The molecule has 2 heteroatoms. The van der Waals surface area contributed by atoms with E-state index < -0.39 is 0 Å². The Bertz CT molecular complexity index is 614. The molecule has 1 aromatic rings. The molecule has 3 atom stereocenters. The van der Waals surface area contributed by atoms with Gasteiger partial charge in [0.05, 0.1) is 6.10 Å². The number of rotatable bonds is 1. The maximum atomic E-state index is 12.8. The van der Waals surface area contributed by atoms with Crippen LogP contribution in [0.15, 0.2) is 18.2 Å². The van der Waals surface area contributed by atoms with Crippen LogP contribution in [0.2, 0.25) is 0 Å². The van der Waals surface area contributed by atoms with E-state index in [2.05, 4.69) is 52.8 Å². The van der Waals surface area contributed by atoms with E-state index in [0.29, 0.717) is 12.3 Å². The van der Waals surface area contributed by atoms with Crippen molar-refractivity contribution >= 4 is 5.78 Å². The van der Waals surface area contributed by atoms with Crippen molar-refractivity contribution in [2.24, 2.45) is 11.3 Å². The van der Waals surface area contributed by atoms with Crippen molar-refractivity contribution in [3.8, 4) is 0 Å². The van der Waals surface area contributed by atoms with Gasteiger partial charge >= 0.3 is 0 Å². The summed E-state index contributed by atoms with van der Waals surface area (Å²) >= 11 is 0. The lowest BCUT2D eigenvalue weighted by Gasteiger charge is -2.55. The third kappa shape index (κ3) is 2.07. The molecule has 2 aliphatic carbocycles. The second kappa shape index (κ2) is 4.92. The van der Waals surface area contributed by atoms with Crippen LogP contribution in [0.25, 0.3) is 0 Å². The zero-order valence-electron chi connectivity index (χ0n) is 14.4. The van der Waals surface area contributed by atoms with Crippen LogP contribution in [-0.4, -0.2) is 17.0 Å². The van der Waals surface area contributed by atoms with Crippen molar-refractivity contribution in [1.29, 1.82) is 0 Å². The zero-order valence-corrected chi connectivity index (χ0v) is 14.4. The topological polar surface area (TPSA) is 37.3 Å².